The average Bonchev–Trinajstić information content (AvgIpc) is 0.850. The number of thiazole rings is 2. The summed E-state index contributed by atoms with van der Waals surface area (Å²) < 4.78 is 40.3. The van der Waals surface area contributed by atoms with Gasteiger partial charge in [0.15, 0.2) is 37.3 Å². The molecule has 0 saturated carbocycles. The molecule has 7 heterocycles. The molecule has 45 nitrogen and oxygen atoms in total. The standard InChI is InChI=1S/C57H87N19O26S2/c1-16-31(73-46(75-44(16)62)21(7-28(60)81)67-9-20(59)45(63)90)48(92)74-33(41(22-10-65-15-68-22)99-56-43(37(86)34(83)26(11-77)98-56)100-55-39(88)42(101-57(64)95)35(84)27(12-78)97-55)50(94)69-17(2)25(80)8-29(82)72-32(18(3)79)49(93)76-51(102-54-38(87)36(85)30(61)19(4)96-54)40(89)53-71-24(14-104-53)52-70-23(13-103-52)47(91)66-6-5-58/h10,13-15,17-21,25-27,30,32-43,51,54-56,67,77-80,83-89H,5-9,11-12,58-59,61H2,1-4H3,(H2,60,81)(H2,63,90)(H2,64,95)(H,65,68)(H,66,91)(H,69,94)(H,72,82)(H,74,92)(H,76,93)(H2,62,73,75)/t17-,18-,19?,20+,21+,25+,26?,27?,30?,32+,33+,34?,35?,36?,37?,38?,39?,40?,41+,42?,43?,51?,54?,55?,56?/m1/s1. The van der Waals surface area contributed by atoms with E-state index in [1.54, 1.807) is 0 Å². The minimum Gasteiger partial charge on any atom is -0.441 e. The van der Waals surface area contributed by atoms with Gasteiger partial charge in [0.1, 0.15) is 112 Å². The van der Waals surface area contributed by atoms with Crippen molar-refractivity contribution in [2.24, 2.45) is 34.4 Å². The lowest BCUT2D eigenvalue weighted by Crippen LogP contribution is -2.65. The number of nitrogen functional groups attached to an aromatic ring is 1. The number of primary amides is 3. The molecular formula is C57H87N19O26S2. The summed E-state index contributed by atoms with van der Waals surface area (Å²) in [5, 5.41) is 140. The molecule has 8 amide bonds. The van der Waals surface area contributed by atoms with E-state index >= 15 is 4.79 Å². The maximum absolute atomic E-state index is 15.2. The molecule has 0 aliphatic carbocycles. The Balaban J connectivity index is 1.19. The Kier molecular flexibility index (Phi) is 29.9. The van der Waals surface area contributed by atoms with Crippen LogP contribution in [0.15, 0.2) is 23.3 Å². The van der Waals surface area contributed by atoms with Crippen LogP contribution in [0, 0.1) is 6.92 Å². The number of aliphatic hydroxyl groups is 11. The number of hydrogen-bond donors (Lipinski definition) is 25. The molecule has 17 unspecified atom stereocenters. The van der Waals surface area contributed by atoms with Gasteiger partial charge in [0.05, 0.1) is 80.3 Å². The third kappa shape index (κ3) is 20.8. The second-order valence-electron chi connectivity index (χ2n) is 24.3. The Morgan fingerprint density at radius 2 is 1.41 bits per heavy atom. The van der Waals surface area contributed by atoms with Crippen molar-refractivity contribution in [2.75, 3.05) is 38.6 Å². The van der Waals surface area contributed by atoms with E-state index in [0.717, 1.165) is 49.0 Å². The van der Waals surface area contributed by atoms with Crippen molar-refractivity contribution in [1.29, 1.82) is 0 Å². The van der Waals surface area contributed by atoms with Crippen molar-refractivity contribution in [2.45, 2.75) is 193 Å². The molecule has 0 bridgehead atoms. The zero-order valence-electron chi connectivity index (χ0n) is 55.8. The molecule has 4 aromatic heterocycles. The van der Waals surface area contributed by atoms with Gasteiger partial charge in [0.25, 0.3) is 11.8 Å². The predicted octanol–water partition coefficient (Wildman–Crippen LogP) is -11.6. The van der Waals surface area contributed by atoms with Gasteiger partial charge in [-0.25, -0.2) is 29.7 Å². The van der Waals surface area contributed by atoms with Crippen molar-refractivity contribution >= 4 is 75.9 Å². The number of anilines is 1. The number of aromatic nitrogens is 6. The molecule has 0 spiro atoms. The number of nitrogens with zero attached hydrogens (tertiary/aromatic N) is 5. The van der Waals surface area contributed by atoms with Crippen LogP contribution in [-0.4, -0.2) is 301 Å². The quantitative estimate of drug-likeness (QED) is 0.0190. The molecule has 104 heavy (non-hydrogen) atoms. The van der Waals surface area contributed by atoms with Gasteiger partial charge in [0.2, 0.25) is 29.5 Å². The zero-order chi connectivity index (χ0) is 76.9. The fraction of sp³-hybridized carbons (Fsp3) is 0.632. The third-order valence-electron chi connectivity index (χ3n) is 16.6. The number of carbonyl (C=O) groups excluding carboxylic acids is 8. The Labute approximate surface area is 597 Å². The van der Waals surface area contributed by atoms with Crippen molar-refractivity contribution in [3.8, 4) is 10.7 Å². The monoisotopic (exact) mass is 1520 g/mol. The van der Waals surface area contributed by atoms with Gasteiger partial charge in [-0.1, -0.05) is 0 Å². The lowest BCUT2D eigenvalue weighted by molar-refractivity contribution is -0.372. The Morgan fingerprint density at radius 1 is 0.740 bits per heavy atom. The molecule has 0 radical (unpaired) electrons. The molecule has 4 aromatic rings. The molecular weight excluding hydrogens is 1430 g/mol. The van der Waals surface area contributed by atoms with Crippen LogP contribution >= 0.6 is 22.7 Å². The summed E-state index contributed by atoms with van der Waals surface area (Å²) in [6, 6.07) is -9.66. The molecule has 47 heteroatoms. The number of hydrogen-bond acceptors (Lipinski definition) is 38. The molecule has 7 rings (SSSR count). The molecule has 32 N–H and O–H groups in total. The minimum absolute atomic E-state index is 0.0336. The first kappa shape index (κ1) is 83.3. The fourth-order valence-corrected chi connectivity index (χ4v) is 12.3. The average molecular weight is 1520 g/mol. The number of H-pyrrole nitrogens is 1. The van der Waals surface area contributed by atoms with E-state index in [1.165, 1.54) is 24.6 Å². The number of ether oxygens (including phenoxy) is 7. The lowest BCUT2D eigenvalue weighted by Gasteiger charge is -2.47. The molecule has 3 aliphatic heterocycles. The Morgan fingerprint density at radius 3 is 2.04 bits per heavy atom. The third-order valence-corrected chi connectivity index (χ3v) is 18.4. The summed E-state index contributed by atoms with van der Waals surface area (Å²) in [7, 11) is 0. The second kappa shape index (κ2) is 37.4. The van der Waals surface area contributed by atoms with Crippen LogP contribution in [0.4, 0.5) is 10.6 Å². The normalized spacial score (nSPS) is 27.8. The van der Waals surface area contributed by atoms with Crippen molar-refractivity contribution in [1.82, 2.24) is 61.8 Å². The van der Waals surface area contributed by atoms with Crippen LogP contribution < -0.4 is 72.0 Å². The van der Waals surface area contributed by atoms with E-state index in [2.05, 4.69) is 61.8 Å². The first-order valence-corrected chi connectivity index (χ1v) is 33.6. The van der Waals surface area contributed by atoms with Gasteiger partial charge < -0.3 is 166 Å². The highest BCUT2D eigenvalue weighted by Gasteiger charge is 2.54. The molecule has 0 aromatic carbocycles. The second-order valence-corrected chi connectivity index (χ2v) is 26.0. The summed E-state index contributed by atoms with van der Waals surface area (Å²) in [6.07, 6.45) is -37.8. The number of aromatic amines is 1. The number of imidazole rings is 1. The number of nitrogens with two attached hydrogens (primary N) is 7. The SMILES string of the molecule is Cc1c(N)nc([C@H](CC(N)=O)NC[C@H](N)C(N)=O)nc1C(=O)N[C@H](C(=O)N[C@H](C)[C@@H](O)CC(=O)N[C@H](C(=O)NC(OC1OC(C)C(N)C(O)C1O)C(O)c1nc(-c2nc(C(=O)NCCN)cs2)cs1)[C@@H](C)O)[C@@H](OC1OC(CO)C(O)C(O)C1OC1OC(CO)C(O)C(OC(N)=O)C1O)c1cnc[nH]1. The van der Waals surface area contributed by atoms with Gasteiger partial charge in [-0.15, -0.1) is 22.7 Å². The largest absolute Gasteiger partial charge is 0.441 e. The number of aliphatic hydroxyl groups excluding tert-OH is 11. The first-order chi connectivity index (χ1) is 49.1. The molecule has 25 atom stereocenters. The Bertz CT molecular complexity index is 3570. The van der Waals surface area contributed by atoms with Crippen LogP contribution in [0.25, 0.3) is 10.7 Å². The maximum Gasteiger partial charge on any atom is 0.404 e. The summed E-state index contributed by atoms with van der Waals surface area (Å²) in [6.45, 7) is 2.78. The van der Waals surface area contributed by atoms with Crippen LogP contribution in [0.5, 0.6) is 0 Å². The number of rotatable bonds is 35. The van der Waals surface area contributed by atoms with Crippen molar-refractivity contribution in [3.63, 3.8) is 0 Å². The molecule has 3 aliphatic rings. The fourth-order valence-electron chi connectivity index (χ4n) is 10.6. The minimum atomic E-state index is -2.26. The van der Waals surface area contributed by atoms with Crippen molar-refractivity contribution < 1.29 is 128 Å². The van der Waals surface area contributed by atoms with E-state index < -0.39 is 250 Å². The zero-order valence-corrected chi connectivity index (χ0v) is 57.5. The highest BCUT2D eigenvalue weighted by Crippen LogP contribution is 2.36. The predicted molar refractivity (Wildman–Crippen MR) is 350 cm³/mol. The summed E-state index contributed by atoms with van der Waals surface area (Å²) in [4.78, 5) is 131. The van der Waals surface area contributed by atoms with Gasteiger partial charge in [-0.05, 0) is 27.7 Å². The smallest absolute Gasteiger partial charge is 0.404 e. The van der Waals surface area contributed by atoms with Gasteiger partial charge in [-0.2, -0.15) is 0 Å². The van der Waals surface area contributed by atoms with Crippen LogP contribution in [-0.2, 0) is 57.1 Å². The van der Waals surface area contributed by atoms with E-state index in [9.17, 15) is 89.7 Å². The highest BCUT2D eigenvalue weighted by molar-refractivity contribution is 7.14. The molecule has 3 saturated heterocycles. The van der Waals surface area contributed by atoms with Crippen LogP contribution in [0.1, 0.15) is 94.9 Å². The molecule has 3 fully saturated rings. The van der Waals surface area contributed by atoms with Gasteiger partial charge in [0, 0.05) is 42.4 Å². The highest BCUT2D eigenvalue weighted by atomic mass is 32.1. The maximum atomic E-state index is 15.2. The number of nitrogens with one attached hydrogen (secondary N) is 7. The van der Waals surface area contributed by atoms with Gasteiger partial charge in [-0.3, -0.25) is 33.6 Å². The van der Waals surface area contributed by atoms with Crippen LogP contribution in [0.3, 0.4) is 0 Å². The van der Waals surface area contributed by atoms with E-state index in [4.69, 9.17) is 73.3 Å². The number of amides is 8. The van der Waals surface area contributed by atoms with Crippen molar-refractivity contribution in [3.05, 3.63) is 56.8 Å². The number of carbonyl (C=O) groups is 8. The lowest BCUT2D eigenvalue weighted by atomic mass is 9.97. The van der Waals surface area contributed by atoms with E-state index in [0.29, 0.717) is 0 Å². The summed E-state index contributed by atoms with van der Waals surface area (Å²) in [5.74, 6) is -8.37. The Hall–Kier alpha value is -7.93. The summed E-state index contributed by atoms with van der Waals surface area (Å²) in [5.41, 5.74) is 38.8. The van der Waals surface area contributed by atoms with Crippen LogP contribution in [0.2, 0.25) is 0 Å². The summed E-state index contributed by atoms with van der Waals surface area (Å²) >= 11 is 1.86. The first-order valence-electron chi connectivity index (χ1n) is 31.9. The van der Waals surface area contributed by atoms with Gasteiger partial charge >= 0.3 is 6.09 Å². The molecule has 578 valence electrons. The van der Waals surface area contributed by atoms with E-state index in [-0.39, 0.29) is 45.7 Å². The topological polar surface area (TPSA) is 758 Å². The van der Waals surface area contributed by atoms with E-state index in [1.807, 2.05) is 0 Å².